The first-order valence-electron chi connectivity index (χ1n) is 7.78. The Labute approximate surface area is 147 Å². The number of benzene rings is 1. The van der Waals surface area contributed by atoms with Gasteiger partial charge in [-0.05, 0) is 38.0 Å². The molecule has 1 saturated carbocycles. The van der Waals surface area contributed by atoms with Crippen LogP contribution in [0, 0.1) is 12.7 Å². The van der Waals surface area contributed by atoms with E-state index in [0.29, 0.717) is 24.2 Å². The number of carboxylic acid groups (broad SMARTS) is 1. The molecule has 2 aromatic rings. The van der Waals surface area contributed by atoms with E-state index in [2.05, 4.69) is 15.6 Å². The number of nitrogens with one attached hydrogen (secondary N) is 1. The van der Waals surface area contributed by atoms with Gasteiger partial charge in [0.25, 0.3) is 5.91 Å². The van der Waals surface area contributed by atoms with Crippen LogP contribution in [0.3, 0.4) is 0 Å². The summed E-state index contributed by atoms with van der Waals surface area (Å²) in [5.41, 5.74) is -0.386. The summed E-state index contributed by atoms with van der Waals surface area (Å²) in [6, 6.07) is 4.02. The highest BCUT2D eigenvalue weighted by atomic mass is 35.5. The summed E-state index contributed by atoms with van der Waals surface area (Å²) >= 11 is 5.77. The molecule has 7 nitrogen and oxygen atoms in total. The van der Waals surface area contributed by atoms with E-state index in [1.165, 1.54) is 22.9 Å². The van der Waals surface area contributed by atoms with Gasteiger partial charge in [0.2, 0.25) is 0 Å². The smallest absolute Gasteiger partial charge is 0.329 e. The third-order valence-electron chi connectivity index (χ3n) is 4.48. The topological polar surface area (TPSA) is 97.1 Å². The van der Waals surface area contributed by atoms with Crippen molar-refractivity contribution >= 4 is 23.5 Å². The number of nitrogens with zero attached hydrogens (tertiary/aromatic N) is 3. The molecule has 1 aliphatic carbocycles. The molecule has 0 atom stereocenters. The Hall–Kier alpha value is -2.48. The summed E-state index contributed by atoms with van der Waals surface area (Å²) < 4.78 is 14.6. The number of carboxylic acids is 1. The van der Waals surface area contributed by atoms with Crippen LogP contribution >= 0.6 is 11.6 Å². The van der Waals surface area contributed by atoms with Crippen molar-refractivity contribution in [3.63, 3.8) is 0 Å². The highest BCUT2D eigenvalue weighted by Crippen LogP contribution is 2.30. The monoisotopic (exact) mass is 366 g/mol. The average Bonchev–Trinajstić information content (AvgIpc) is 3.18. The highest BCUT2D eigenvalue weighted by Gasteiger charge is 2.43. The van der Waals surface area contributed by atoms with Gasteiger partial charge in [-0.1, -0.05) is 29.7 Å². The number of aliphatic carboxylic acids is 1. The van der Waals surface area contributed by atoms with Gasteiger partial charge < -0.3 is 10.4 Å². The number of hydrogen-bond acceptors (Lipinski definition) is 4. The lowest BCUT2D eigenvalue weighted by atomic mass is 9.97. The second-order valence-corrected chi connectivity index (χ2v) is 6.49. The molecule has 9 heteroatoms. The standard InChI is InChI=1S/C16H16ClFN4O3/c1-9-13(14(23)19-16(15(24)25)6-2-3-7-16)20-21-22(9)10-4-5-12(18)11(17)8-10/h4-5,8H,2-3,6-7H2,1H3,(H,19,23)(H,24,25). The Bertz CT molecular complexity index is 846. The Morgan fingerprint density at radius 1 is 1.36 bits per heavy atom. The average molecular weight is 367 g/mol. The van der Waals surface area contributed by atoms with E-state index in [9.17, 15) is 19.1 Å². The molecule has 1 aromatic carbocycles. The molecule has 0 aliphatic heterocycles. The van der Waals surface area contributed by atoms with Gasteiger partial charge in [-0.15, -0.1) is 5.10 Å². The van der Waals surface area contributed by atoms with E-state index in [0.717, 1.165) is 12.8 Å². The van der Waals surface area contributed by atoms with Crippen molar-refractivity contribution in [2.45, 2.75) is 38.1 Å². The molecule has 1 amide bonds. The predicted molar refractivity (Wildman–Crippen MR) is 87.4 cm³/mol. The van der Waals surface area contributed by atoms with Crippen LogP contribution in [0.4, 0.5) is 4.39 Å². The lowest BCUT2D eigenvalue weighted by Gasteiger charge is -2.24. The molecule has 1 heterocycles. The molecule has 1 aliphatic rings. The molecule has 0 unspecified atom stereocenters. The lowest BCUT2D eigenvalue weighted by molar-refractivity contribution is -0.144. The number of rotatable bonds is 4. The second kappa shape index (κ2) is 6.44. The van der Waals surface area contributed by atoms with E-state index < -0.39 is 23.2 Å². The minimum absolute atomic E-state index is 0.0213. The van der Waals surface area contributed by atoms with Crippen LogP contribution in [0.15, 0.2) is 18.2 Å². The molecule has 0 radical (unpaired) electrons. The van der Waals surface area contributed by atoms with Crippen LogP contribution in [0.1, 0.15) is 41.9 Å². The molecular weight excluding hydrogens is 351 g/mol. The zero-order valence-corrected chi connectivity index (χ0v) is 14.2. The first-order chi connectivity index (χ1) is 11.8. The van der Waals surface area contributed by atoms with Crippen LogP contribution < -0.4 is 5.32 Å². The summed E-state index contributed by atoms with van der Waals surface area (Å²) in [5, 5.41) is 19.7. The number of hydrogen-bond donors (Lipinski definition) is 2. The van der Waals surface area contributed by atoms with E-state index in [1.54, 1.807) is 6.92 Å². The maximum atomic E-state index is 13.3. The van der Waals surface area contributed by atoms with Gasteiger partial charge >= 0.3 is 5.97 Å². The Morgan fingerprint density at radius 2 is 2.04 bits per heavy atom. The highest BCUT2D eigenvalue weighted by molar-refractivity contribution is 6.30. The minimum atomic E-state index is -1.26. The maximum absolute atomic E-state index is 13.3. The Morgan fingerprint density at radius 3 is 2.64 bits per heavy atom. The fourth-order valence-electron chi connectivity index (χ4n) is 3.05. The summed E-state index contributed by atoms with van der Waals surface area (Å²) in [5.74, 6) is -2.21. The maximum Gasteiger partial charge on any atom is 0.329 e. The minimum Gasteiger partial charge on any atom is -0.480 e. The van der Waals surface area contributed by atoms with Gasteiger partial charge in [0.1, 0.15) is 11.4 Å². The molecule has 3 rings (SSSR count). The molecule has 0 bridgehead atoms. The second-order valence-electron chi connectivity index (χ2n) is 6.08. The normalized spacial score (nSPS) is 16.0. The van der Waals surface area contributed by atoms with E-state index in [1.807, 2.05) is 0 Å². The fraction of sp³-hybridized carbons (Fsp3) is 0.375. The molecular formula is C16H16ClFN4O3. The fourth-order valence-corrected chi connectivity index (χ4v) is 3.22. The zero-order valence-electron chi connectivity index (χ0n) is 13.4. The predicted octanol–water partition coefficient (Wildman–Crippen LogP) is 2.50. The van der Waals surface area contributed by atoms with Crippen molar-refractivity contribution in [2.24, 2.45) is 0 Å². The van der Waals surface area contributed by atoms with Crippen molar-refractivity contribution in [3.05, 3.63) is 40.4 Å². The van der Waals surface area contributed by atoms with Gasteiger partial charge in [0.15, 0.2) is 5.69 Å². The largest absolute Gasteiger partial charge is 0.480 e. The number of halogens is 2. The quantitative estimate of drug-likeness (QED) is 0.866. The third-order valence-corrected chi connectivity index (χ3v) is 4.77. The van der Waals surface area contributed by atoms with Crippen molar-refractivity contribution in [1.29, 1.82) is 0 Å². The summed E-state index contributed by atoms with van der Waals surface area (Å²) in [7, 11) is 0. The van der Waals surface area contributed by atoms with Crippen LogP contribution in [0.5, 0.6) is 0 Å². The zero-order chi connectivity index (χ0) is 18.2. The van der Waals surface area contributed by atoms with E-state index in [4.69, 9.17) is 11.6 Å². The van der Waals surface area contributed by atoms with Gasteiger partial charge in [0.05, 0.1) is 16.4 Å². The SMILES string of the molecule is Cc1c(C(=O)NC2(C(=O)O)CCCC2)nnn1-c1ccc(F)c(Cl)c1. The molecule has 25 heavy (non-hydrogen) atoms. The van der Waals surface area contributed by atoms with E-state index in [-0.39, 0.29) is 10.7 Å². The number of aromatic nitrogens is 3. The van der Waals surface area contributed by atoms with Gasteiger partial charge in [0, 0.05) is 0 Å². The van der Waals surface area contributed by atoms with Crippen LogP contribution in [-0.2, 0) is 4.79 Å². The molecule has 132 valence electrons. The molecule has 0 saturated heterocycles. The van der Waals surface area contributed by atoms with Gasteiger partial charge in [-0.2, -0.15) is 0 Å². The first kappa shape index (κ1) is 17.3. The van der Waals surface area contributed by atoms with Crippen molar-refractivity contribution in [3.8, 4) is 5.69 Å². The number of carbonyl (C=O) groups is 2. The molecule has 1 aromatic heterocycles. The summed E-state index contributed by atoms with van der Waals surface area (Å²) in [6.45, 7) is 1.62. The van der Waals surface area contributed by atoms with Crippen LogP contribution in [0.2, 0.25) is 5.02 Å². The van der Waals surface area contributed by atoms with Crippen LogP contribution in [0.25, 0.3) is 5.69 Å². The van der Waals surface area contributed by atoms with Gasteiger partial charge in [-0.25, -0.2) is 13.9 Å². The number of carbonyl (C=O) groups excluding carboxylic acids is 1. The number of amides is 1. The van der Waals surface area contributed by atoms with Crippen molar-refractivity contribution in [1.82, 2.24) is 20.3 Å². The van der Waals surface area contributed by atoms with Gasteiger partial charge in [-0.3, -0.25) is 4.79 Å². The Kier molecular flexibility index (Phi) is 4.47. The molecule has 0 spiro atoms. The van der Waals surface area contributed by atoms with Crippen molar-refractivity contribution < 1.29 is 19.1 Å². The first-order valence-corrected chi connectivity index (χ1v) is 8.15. The van der Waals surface area contributed by atoms with Crippen LogP contribution in [-0.4, -0.2) is 37.5 Å². The summed E-state index contributed by atoms with van der Waals surface area (Å²) in [4.78, 5) is 24.1. The third kappa shape index (κ3) is 3.09. The van der Waals surface area contributed by atoms with Crippen molar-refractivity contribution in [2.75, 3.05) is 0 Å². The Balaban J connectivity index is 1.89. The molecule has 2 N–H and O–H groups in total. The summed E-state index contributed by atoms with van der Waals surface area (Å²) in [6.07, 6.45) is 2.25. The lowest BCUT2D eigenvalue weighted by Crippen LogP contribution is -2.52. The van der Waals surface area contributed by atoms with E-state index >= 15 is 0 Å². The molecule has 1 fully saturated rings.